The number of fused-ring (bicyclic) bond motifs is 1. The van der Waals surface area contributed by atoms with Crippen molar-refractivity contribution in [2.24, 2.45) is 27.1 Å². The maximum absolute atomic E-state index is 13.9. The van der Waals surface area contributed by atoms with E-state index < -0.39 is 6.04 Å². The lowest BCUT2D eigenvalue weighted by Gasteiger charge is -2.33. The van der Waals surface area contributed by atoms with E-state index in [9.17, 15) is 9.59 Å². The van der Waals surface area contributed by atoms with Gasteiger partial charge in [0.1, 0.15) is 24.0 Å². The maximum atomic E-state index is 13.9. The van der Waals surface area contributed by atoms with E-state index in [1.165, 1.54) is 12.7 Å². The zero-order valence-electron chi connectivity index (χ0n) is 38.0. The first kappa shape index (κ1) is 43.8. The quantitative estimate of drug-likeness (QED) is 0.102. The molecule has 20 heteroatoms. The first-order valence-electron chi connectivity index (χ1n) is 21.9. The summed E-state index contributed by atoms with van der Waals surface area (Å²) < 4.78 is 5.56. The summed E-state index contributed by atoms with van der Waals surface area (Å²) in [6, 6.07) is 24.1. The predicted octanol–water partition coefficient (Wildman–Crippen LogP) is 5.32. The lowest BCUT2D eigenvalue weighted by Crippen LogP contribution is -2.36. The fourth-order valence-electron chi connectivity index (χ4n) is 8.18. The molecule has 1 aliphatic heterocycles. The number of hydrogen-bond acceptors (Lipinski definition) is 15. The molecule has 2 atom stereocenters. The van der Waals surface area contributed by atoms with Gasteiger partial charge < -0.3 is 39.9 Å². The Labute approximate surface area is 386 Å². The van der Waals surface area contributed by atoms with Gasteiger partial charge in [0, 0.05) is 75.3 Å². The molecular weight excluding hydrogens is 849 g/mol. The second-order valence-corrected chi connectivity index (χ2v) is 16.7. The van der Waals surface area contributed by atoms with Crippen LogP contribution in [0.25, 0.3) is 34.4 Å². The summed E-state index contributed by atoms with van der Waals surface area (Å²) in [6.45, 7) is 5.59. The van der Waals surface area contributed by atoms with Crippen LogP contribution in [-0.2, 0) is 34.2 Å². The Kier molecular flexibility index (Phi) is 12.4. The molecule has 0 bridgehead atoms. The predicted molar refractivity (Wildman–Crippen MR) is 251 cm³/mol. The van der Waals surface area contributed by atoms with E-state index in [4.69, 9.17) is 0 Å². The Hall–Kier alpha value is -8.42. The zero-order valence-corrected chi connectivity index (χ0v) is 38.0. The van der Waals surface area contributed by atoms with Crippen LogP contribution in [0, 0.1) is 5.92 Å². The minimum atomic E-state index is -0.495. The third-order valence-corrected chi connectivity index (χ3v) is 12.0. The lowest BCUT2D eigenvalue weighted by atomic mass is 9.96. The number of nitrogens with one attached hydrogen (secondary N) is 4. The second-order valence-electron chi connectivity index (χ2n) is 16.7. The van der Waals surface area contributed by atoms with Crippen LogP contribution in [0.15, 0.2) is 104 Å². The normalized spacial score (nSPS) is 13.8. The smallest absolute Gasteiger partial charge is 0.251 e. The third-order valence-electron chi connectivity index (χ3n) is 12.0. The van der Waals surface area contributed by atoms with Crippen LogP contribution < -0.4 is 26.2 Å². The fraction of sp³-hybridized carbons (Fsp3) is 0.277. The summed E-state index contributed by atoms with van der Waals surface area (Å²) in [6.07, 6.45) is 7.08. The van der Waals surface area contributed by atoms with Crippen molar-refractivity contribution in [1.29, 1.82) is 0 Å². The van der Waals surface area contributed by atoms with Crippen molar-refractivity contribution in [3.63, 3.8) is 0 Å². The topological polar surface area (TPSA) is 229 Å². The van der Waals surface area contributed by atoms with Crippen molar-refractivity contribution in [2.45, 2.75) is 45.4 Å². The molecule has 3 aromatic carbocycles. The van der Waals surface area contributed by atoms with Crippen LogP contribution in [0.4, 0.5) is 17.1 Å². The van der Waals surface area contributed by atoms with Crippen molar-refractivity contribution in [2.75, 3.05) is 29.1 Å². The number of carbonyl (C=O) groups excluding carboxylic acids is 2. The average Bonchev–Trinajstić information content (AvgIpc) is 4.05. The van der Waals surface area contributed by atoms with E-state index in [-0.39, 0.29) is 23.8 Å². The fourth-order valence-corrected chi connectivity index (χ4v) is 8.18. The molecule has 0 radical (unpaired) electrons. The van der Waals surface area contributed by atoms with Crippen molar-refractivity contribution in [3.05, 3.63) is 138 Å². The van der Waals surface area contributed by atoms with Crippen LogP contribution in [0.2, 0.25) is 0 Å². The van der Waals surface area contributed by atoms with Gasteiger partial charge in [-0.2, -0.15) is 0 Å². The Bertz CT molecular complexity index is 3050. The maximum Gasteiger partial charge on any atom is 0.251 e. The molecule has 340 valence electrons. The summed E-state index contributed by atoms with van der Waals surface area (Å²) >= 11 is 0. The molecule has 2 unspecified atom stereocenters. The van der Waals surface area contributed by atoms with Crippen molar-refractivity contribution in [3.8, 4) is 34.4 Å². The highest BCUT2D eigenvalue weighted by Gasteiger charge is 2.29. The van der Waals surface area contributed by atoms with Crippen LogP contribution in [0.5, 0.6) is 0 Å². The van der Waals surface area contributed by atoms with Gasteiger partial charge >= 0.3 is 0 Å². The number of rotatable bonds is 15. The summed E-state index contributed by atoms with van der Waals surface area (Å²) in [5, 5.41) is 40.0. The zero-order chi connectivity index (χ0) is 46.6. The van der Waals surface area contributed by atoms with Crippen LogP contribution in [-0.4, -0.2) is 89.6 Å². The molecule has 0 saturated heterocycles. The Morgan fingerprint density at radius 3 is 2.04 bits per heavy atom. The van der Waals surface area contributed by atoms with Crippen LogP contribution in [0.1, 0.15) is 76.1 Å². The number of para-hydroxylation sites is 1. The van der Waals surface area contributed by atoms with Gasteiger partial charge in [0.2, 0.25) is 0 Å². The molecule has 0 spiro atoms. The van der Waals surface area contributed by atoms with Gasteiger partial charge in [0.15, 0.2) is 34.9 Å². The van der Waals surface area contributed by atoms with Crippen LogP contribution in [0.3, 0.4) is 0 Å². The van der Waals surface area contributed by atoms with E-state index in [1.807, 2.05) is 97.2 Å². The molecule has 6 heterocycles. The molecule has 0 saturated carbocycles. The van der Waals surface area contributed by atoms with Crippen molar-refractivity contribution >= 4 is 28.9 Å². The highest BCUT2D eigenvalue weighted by Crippen LogP contribution is 2.34. The molecule has 20 nitrogen and oxygen atoms in total. The number of nitrogens with zero attached hydrogens (tertiary/aromatic N) is 14. The molecule has 67 heavy (non-hydrogen) atoms. The summed E-state index contributed by atoms with van der Waals surface area (Å²) in [4.78, 5) is 46.7. The molecule has 8 aromatic rings. The number of aromatic nitrogens is 13. The number of amides is 2. The monoisotopic (exact) mass is 898 g/mol. The average molecular weight is 899 g/mol. The summed E-state index contributed by atoms with van der Waals surface area (Å²) in [7, 11) is 7.67. The third kappa shape index (κ3) is 9.13. The Balaban J connectivity index is 0.863. The molecule has 0 aliphatic carbocycles. The first-order chi connectivity index (χ1) is 32.5. The van der Waals surface area contributed by atoms with Crippen molar-refractivity contribution in [1.82, 2.24) is 74.9 Å². The van der Waals surface area contributed by atoms with Gasteiger partial charge in [-0.1, -0.05) is 44.2 Å². The van der Waals surface area contributed by atoms with E-state index in [1.54, 1.807) is 30.6 Å². The van der Waals surface area contributed by atoms with Gasteiger partial charge in [-0.15, -0.1) is 30.6 Å². The van der Waals surface area contributed by atoms with E-state index >= 15 is 0 Å². The Morgan fingerprint density at radius 1 is 0.687 bits per heavy atom. The highest BCUT2D eigenvalue weighted by atomic mass is 16.2. The molecule has 5 aromatic heterocycles. The molecule has 0 fully saturated rings. The molecule has 4 N–H and O–H groups in total. The summed E-state index contributed by atoms with van der Waals surface area (Å²) in [5.74, 6) is 3.05. The van der Waals surface area contributed by atoms with Gasteiger partial charge in [-0.3, -0.25) is 9.59 Å². The summed E-state index contributed by atoms with van der Waals surface area (Å²) in [5.41, 5.74) is 6.54. The van der Waals surface area contributed by atoms with Crippen LogP contribution >= 0.6 is 0 Å². The first-order valence-corrected chi connectivity index (χ1v) is 21.9. The van der Waals surface area contributed by atoms with E-state index in [2.05, 4.69) is 95.9 Å². The molecule has 1 aliphatic rings. The minimum Gasteiger partial charge on any atom is -0.378 e. The standard InChI is InChI=1S/C47H50N18O2/c1-28(2)40(55-47(67)30-12-10-14-32(22-30)50-24-38-56-59-43(63(38)4)36-17-19-48-26-52-36)44-61-58-42(65(44)6)34-23-49-27-53-41(34)45-60-57-39(64(45)5)25-51-31-13-9-11-29(21-31)46(66)54-35-18-20-62(3)37-16-8-7-15-33(35)37/h7-17,19,21-23,26-28,35,40,50-51H,18,20,24-25H2,1-6H3,(H,54,66)(H,55,67). The number of carbonyl (C=O) groups is 2. The second kappa shape index (κ2) is 19.0. The van der Waals surface area contributed by atoms with E-state index in [0.717, 1.165) is 35.6 Å². The Morgan fingerprint density at radius 2 is 1.34 bits per heavy atom. The number of anilines is 3. The molecular formula is C47H50N18O2. The molecule has 9 rings (SSSR count). The van der Waals surface area contributed by atoms with Crippen molar-refractivity contribution < 1.29 is 9.59 Å². The number of hydrogen-bond donors (Lipinski definition) is 4. The number of benzene rings is 3. The van der Waals surface area contributed by atoms with Gasteiger partial charge in [-0.25, -0.2) is 19.9 Å². The van der Waals surface area contributed by atoms with Gasteiger partial charge in [-0.05, 0) is 66.4 Å². The SMILES string of the molecule is CC(C)C(NC(=O)c1cccc(NCc2nnc(-c3ccncn3)n2C)c1)c1nnc(-c2cncnc2-c2nnc(CNc3cccc(C(=O)NC4CCN(C)c5ccccc54)c3)n2C)n1C. The highest BCUT2D eigenvalue weighted by molar-refractivity contribution is 5.96. The molecule has 2 amide bonds. The lowest BCUT2D eigenvalue weighted by molar-refractivity contribution is 0.0918. The minimum absolute atomic E-state index is 0.0481. The largest absolute Gasteiger partial charge is 0.378 e. The van der Waals surface area contributed by atoms with E-state index in [0.29, 0.717) is 76.1 Å². The van der Waals surface area contributed by atoms with Gasteiger partial charge in [0.25, 0.3) is 11.8 Å². The van der Waals surface area contributed by atoms with Gasteiger partial charge in [0.05, 0.1) is 30.7 Å².